The Morgan fingerprint density at radius 2 is 2.13 bits per heavy atom. The minimum Gasteiger partial charge on any atom is -0.493 e. The first-order chi connectivity index (χ1) is 11.2. The lowest BCUT2D eigenvalue weighted by Crippen LogP contribution is -2.52. The van der Waals surface area contributed by atoms with Gasteiger partial charge in [-0.25, -0.2) is 0 Å². The van der Waals surface area contributed by atoms with E-state index in [0.29, 0.717) is 19.1 Å². The Morgan fingerprint density at radius 1 is 1.30 bits per heavy atom. The van der Waals surface area contributed by atoms with Crippen LogP contribution in [-0.4, -0.2) is 67.6 Å². The summed E-state index contributed by atoms with van der Waals surface area (Å²) in [6, 6.07) is 8.61. The van der Waals surface area contributed by atoms with E-state index in [1.54, 1.807) is 0 Å². The first-order valence-electron chi connectivity index (χ1n) is 8.64. The average molecular weight is 317 g/mol. The number of amides is 1. The summed E-state index contributed by atoms with van der Waals surface area (Å²) in [6.45, 7) is 8.40. The number of carbonyl (C=O) groups is 1. The molecule has 1 unspecified atom stereocenters. The third-order valence-electron chi connectivity index (χ3n) is 4.79. The van der Waals surface area contributed by atoms with Gasteiger partial charge in [0, 0.05) is 38.8 Å². The number of hydrogen-bond donors (Lipinski definition) is 1. The van der Waals surface area contributed by atoms with Crippen molar-refractivity contribution in [3.63, 3.8) is 0 Å². The molecule has 1 atom stereocenters. The van der Waals surface area contributed by atoms with E-state index in [-0.39, 0.29) is 5.91 Å². The first kappa shape index (κ1) is 16.3. The second-order valence-electron chi connectivity index (χ2n) is 6.48. The third kappa shape index (κ3) is 4.45. The van der Waals surface area contributed by atoms with E-state index < -0.39 is 0 Å². The van der Waals surface area contributed by atoms with E-state index in [0.717, 1.165) is 45.0 Å². The number of benzene rings is 1. The number of hydrogen-bond acceptors (Lipinski definition) is 4. The highest BCUT2D eigenvalue weighted by atomic mass is 16.5. The Hall–Kier alpha value is -1.59. The molecule has 23 heavy (non-hydrogen) atoms. The maximum absolute atomic E-state index is 12.3. The van der Waals surface area contributed by atoms with Crippen LogP contribution in [0.5, 0.6) is 5.75 Å². The van der Waals surface area contributed by atoms with Crippen LogP contribution >= 0.6 is 0 Å². The van der Waals surface area contributed by atoms with Gasteiger partial charge >= 0.3 is 0 Å². The van der Waals surface area contributed by atoms with E-state index in [4.69, 9.17) is 4.74 Å². The van der Waals surface area contributed by atoms with E-state index in [1.807, 2.05) is 36.1 Å². The number of ether oxygens (including phenoxy) is 1. The molecule has 3 rings (SSSR count). The Bertz CT molecular complexity index is 521. The minimum atomic E-state index is 0.210. The molecule has 1 amide bonds. The average Bonchev–Trinajstić information content (AvgIpc) is 3.09. The van der Waals surface area contributed by atoms with Crippen molar-refractivity contribution in [2.24, 2.45) is 0 Å². The Kier molecular flexibility index (Phi) is 5.51. The second-order valence-corrected chi connectivity index (χ2v) is 6.48. The lowest BCUT2D eigenvalue weighted by molar-refractivity contribution is -0.133. The van der Waals surface area contributed by atoms with Crippen molar-refractivity contribution in [1.82, 2.24) is 15.1 Å². The van der Waals surface area contributed by atoms with Gasteiger partial charge in [0.2, 0.25) is 5.91 Å². The molecule has 2 heterocycles. The van der Waals surface area contributed by atoms with Crippen molar-refractivity contribution in [1.29, 1.82) is 0 Å². The zero-order valence-corrected chi connectivity index (χ0v) is 14.0. The molecular weight excluding hydrogens is 290 g/mol. The Morgan fingerprint density at radius 3 is 2.83 bits per heavy atom. The van der Waals surface area contributed by atoms with Crippen LogP contribution in [0.3, 0.4) is 0 Å². The fourth-order valence-corrected chi connectivity index (χ4v) is 3.41. The standard InChI is InChI=1S/C18H27N3O2/c1-15-3-2-4-17(13-15)23-12-6-18(22)21-10-8-20(9-11-21)16-5-7-19-14-16/h2-4,13,16,19H,5-12,14H2,1H3. The summed E-state index contributed by atoms with van der Waals surface area (Å²) in [6.07, 6.45) is 1.69. The van der Waals surface area contributed by atoms with Crippen molar-refractivity contribution in [3.05, 3.63) is 29.8 Å². The number of carbonyl (C=O) groups excluding carboxylic acids is 1. The largest absolute Gasteiger partial charge is 0.493 e. The van der Waals surface area contributed by atoms with Gasteiger partial charge in [0.05, 0.1) is 13.0 Å². The molecule has 2 aliphatic heterocycles. The number of rotatable bonds is 5. The van der Waals surface area contributed by atoms with Crippen LogP contribution < -0.4 is 10.1 Å². The summed E-state index contributed by atoms with van der Waals surface area (Å²) < 4.78 is 5.68. The van der Waals surface area contributed by atoms with Gasteiger partial charge in [0.15, 0.2) is 0 Å². The second kappa shape index (κ2) is 7.79. The molecule has 0 aromatic heterocycles. The van der Waals surface area contributed by atoms with Crippen LogP contribution in [0.25, 0.3) is 0 Å². The van der Waals surface area contributed by atoms with E-state index in [9.17, 15) is 4.79 Å². The highest BCUT2D eigenvalue weighted by Crippen LogP contribution is 2.14. The molecule has 1 aromatic rings. The van der Waals surface area contributed by atoms with Gasteiger partial charge in [0.1, 0.15) is 5.75 Å². The molecule has 0 saturated carbocycles. The number of nitrogens with zero attached hydrogens (tertiary/aromatic N) is 2. The van der Waals surface area contributed by atoms with Crippen LogP contribution in [0.2, 0.25) is 0 Å². The monoisotopic (exact) mass is 317 g/mol. The van der Waals surface area contributed by atoms with E-state index in [1.165, 1.54) is 12.0 Å². The van der Waals surface area contributed by atoms with Gasteiger partial charge in [-0.05, 0) is 37.6 Å². The SMILES string of the molecule is Cc1cccc(OCCC(=O)N2CCN(C3CCNC3)CC2)c1. The maximum Gasteiger partial charge on any atom is 0.226 e. The zero-order chi connectivity index (χ0) is 16.1. The van der Waals surface area contributed by atoms with Crippen LogP contribution in [0.15, 0.2) is 24.3 Å². The molecule has 126 valence electrons. The normalized spacial score (nSPS) is 22.3. The first-order valence-corrected chi connectivity index (χ1v) is 8.64. The predicted molar refractivity (Wildman–Crippen MR) is 90.7 cm³/mol. The van der Waals surface area contributed by atoms with Crippen molar-refractivity contribution >= 4 is 5.91 Å². The van der Waals surface area contributed by atoms with E-state index in [2.05, 4.69) is 10.2 Å². The minimum absolute atomic E-state index is 0.210. The van der Waals surface area contributed by atoms with Gasteiger partial charge in [-0.1, -0.05) is 12.1 Å². The zero-order valence-electron chi connectivity index (χ0n) is 14.0. The molecule has 2 saturated heterocycles. The molecule has 2 fully saturated rings. The molecule has 1 N–H and O–H groups in total. The van der Waals surface area contributed by atoms with Gasteiger partial charge in [-0.15, -0.1) is 0 Å². The fraction of sp³-hybridized carbons (Fsp3) is 0.611. The molecule has 0 spiro atoms. The maximum atomic E-state index is 12.3. The highest BCUT2D eigenvalue weighted by Gasteiger charge is 2.27. The van der Waals surface area contributed by atoms with Gasteiger partial charge < -0.3 is 15.0 Å². The summed E-state index contributed by atoms with van der Waals surface area (Å²) in [7, 11) is 0. The lowest BCUT2D eigenvalue weighted by Gasteiger charge is -2.37. The topological polar surface area (TPSA) is 44.8 Å². The van der Waals surface area contributed by atoms with Gasteiger partial charge in [-0.3, -0.25) is 9.69 Å². The predicted octanol–water partition coefficient (Wildman–Crippen LogP) is 1.27. The van der Waals surface area contributed by atoms with Crippen LogP contribution in [0.1, 0.15) is 18.4 Å². The quantitative estimate of drug-likeness (QED) is 0.888. The Balaban J connectivity index is 1.37. The molecule has 0 bridgehead atoms. The summed E-state index contributed by atoms with van der Waals surface area (Å²) in [5.41, 5.74) is 1.17. The van der Waals surface area contributed by atoms with Crippen LogP contribution in [-0.2, 0) is 4.79 Å². The van der Waals surface area contributed by atoms with Crippen molar-refractivity contribution in [2.45, 2.75) is 25.8 Å². The Labute approximate surface area is 138 Å². The van der Waals surface area contributed by atoms with Crippen molar-refractivity contribution < 1.29 is 9.53 Å². The summed E-state index contributed by atoms with van der Waals surface area (Å²) in [5.74, 6) is 1.05. The molecule has 0 radical (unpaired) electrons. The molecule has 0 aliphatic carbocycles. The van der Waals surface area contributed by atoms with Gasteiger partial charge in [-0.2, -0.15) is 0 Å². The van der Waals surface area contributed by atoms with Gasteiger partial charge in [0.25, 0.3) is 0 Å². The molecular formula is C18H27N3O2. The molecule has 2 aliphatic rings. The molecule has 5 heteroatoms. The summed E-state index contributed by atoms with van der Waals surface area (Å²) >= 11 is 0. The number of aryl methyl sites for hydroxylation is 1. The summed E-state index contributed by atoms with van der Waals surface area (Å²) in [4.78, 5) is 16.8. The number of piperazine rings is 1. The van der Waals surface area contributed by atoms with Crippen molar-refractivity contribution in [3.8, 4) is 5.75 Å². The molecule has 1 aromatic carbocycles. The highest BCUT2D eigenvalue weighted by molar-refractivity contribution is 5.76. The lowest BCUT2D eigenvalue weighted by atomic mass is 10.2. The van der Waals surface area contributed by atoms with Crippen LogP contribution in [0.4, 0.5) is 0 Å². The molecule has 5 nitrogen and oxygen atoms in total. The van der Waals surface area contributed by atoms with Crippen molar-refractivity contribution in [2.75, 3.05) is 45.9 Å². The van der Waals surface area contributed by atoms with Crippen LogP contribution in [0, 0.1) is 6.92 Å². The number of nitrogens with one attached hydrogen (secondary N) is 1. The third-order valence-corrected chi connectivity index (χ3v) is 4.79. The fourth-order valence-electron chi connectivity index (χ4n) is 3.41. The van der Waals surface area contributed by atoms with E-state index >= 15 is 0 Å². The smallest absolute Gasteiger partial charge is 0.226 e. The summed E-state index contributed by atoms with van der Waals surface area (Å²) in [5, 5.41) is 3.41.